The van der Waals surface area contributed by atoms with E-state index in [0.717, 1.165) is 4.90 Å². The highest BCUT2D eigenvalue weighted by Gasteiger charge is 2.63. The SMILES string of the molecule is CC[C@@H]1C[C@H](C)CCC=C[C@@H]2C[C@@]2(C(=O)NS(=O)(=O)C2(C)CC2)NC(=O)[C@@H]2C[C@@H](Oc3ncc(C(=O)OC)c4cc(OC)ccc34)CN2C(=O)[C@H]1NC(=O)OC(C)(C)C(F)(F)F. The van der Waals surface area contributed by atoms with Crippen LogP contribution in [0.15, 0.2) is 36.5 Å². The lowest BCUT2D eigenvalue weighted by Crippen LogP contribution is -2.60. The molecular formula is C42H54F3N5O11S. The minimum Gasteiger partial charge on any atom is -0.497 e. The average Bonchev–Trinajstić information content (AvgIpc) is 4.09. The van der Waals surface area contributed by atoms with E-state index in [1.54, 1.807) is 31.2 Å². The van der Waals surface area contributed by atoms with E-state index in [2.05, 4.69) is 20.3 Å². The highest BCUT2D eigenvalue weighted by Crippen LogP contribution is 2.48. The van der Waals surface area contributed by atoms with Crippen LogP contribution >= 0.6 is 0 Å². The molecule has 0 unspecified atom stereocenters. The molecule has 2 saturated carbocycles. The van der Waals surface area contributed by atoms with Gasteiger partial charge >= 0.3 is 18.2 Å². The van der Waals surface area contributed by atoms with E-state index >= 15 is 0 Å². The van der Waals surface area contributed by atoms with Crippen LogP contribution in [0.25, 0.3) is 10.8 Å². The number of fused-ring (bicyclic) bond motifs is 3. The largest absolute Gasteiger partial charge is 0.497 e. The van der Waals surface area contributed by atoms with Crippen LogP contribution in [0.3, 0.4) is 0 Å². The monoisotopic (exact) mass is 893 g/mol. The van der Waals surface area contributed by atoms with Crippen LogP contribution in [-0.4, -0.2) is 109 Å². The summed E-state index contributed by atoms with van der Waals surface area (Å²) in [6, 6.07) is 1.93. The summed E-state index contributed by atoms with van der Waals surface area (Å²) in [4.78, 5) is 75.1. The Balaban J connectivity index is 1.39. The maximum absolute atomic E-state index is 15.0. The summed E-state index contributed by atoms with van der Waals surface area (Å²) in [7, 11) is -1.46. The number of carbonyl (C=O) groups is 5. The minimum atomic E-state index is -4.94. The molecule has 0 radical (unpaired) electrons. The molecule has 4 aliphatic rings. The Morgan fingerprint density at radius 1 is 1.08 bits per heavy atom. The number of ether oxygens (including phenoxy) is 4. The van der Waals surface area contributed by atoms with E-state index < -0.39 is 91.9 Å². The van der Waals surface area contributed by atoms with Gasteiger partial charge in [0.05, 0.1) is 31.1 Å². The lowest BCUT2D eigenvalue weighted by atomic mass is 9.85. The maximum atomic E-state index is 15.0. The van der Waals surface area contributed by atoms with Gasteiger partial charge in [-0.1, -0.05) is 32.4 Å². The van der Waals surface area contributed by atoms with E-state index in [-0.39, 0.29) is 36.7 Å². The van der Waals surface area contributed by atoms with Gasteiger partial charge in [0.1, 0.15) is 29.5 Å². The van der Waals surface area contributed by atoms with E-state index in [4.69, 9.17) is 18.9 Å². The third kappa shape index (κ3) is 9.29. The lowest BCUT2D eigenvalue weighted by molar-refractivity contribution is -0.244. The summed E-state index contributed by atoms with van der Waals surface area (Å²) in [5, 5.41) is 5.91. The Bertz CT molecular complexity index is 2250. The van der Waals surface area contributed by atoms with Crippen LogP contribution in [0.1, 0.15) is 96.3 Å². The molecule has 1 aromatic heterocycles. The van der Waals surface area contributed by atoms with Gasteiger partial charge in [0.2, 0.25) is 33.3 Å². The van der Waals surface area contributed by atoms with Gasteiger partial charge in [-0.2, -0.15) is 13.2 Å². The number of nitrogens with zero attached hydrogens (tertiary/aromatic N) is 2. The van der Waals surface area contributed by atoms with Crippen LogP contribution in [0, 0.1) is 17.8 Å². The van der Waals surface area contributed by atoms with Gasteiger partial charge in [0.25, 0.3) is 5.91 Å². The zero-order chi connectivity index (χ0) is 45.6. The number of nitrogens with one attached hydrogen (secondary N) is 3. The van der Waals surface area contributed by atoms with E-state index in [9.17, 15) is 45.6 Å². The number of carbonyl (C=O) groups excluding carboxylic acids is 5. The van der Waals surface area contributed by atoms with Crippen molar-refractivity contribution in [1.29, 1.82) is 0 Å². The number of allylic oxidation sites excluding steroid dienone is 1. The fourth-order valence-electron chi connectivity index (χ4n) is 8.11. The number of methoxy groups -OCH3 is 2. The first-order chi connectivity index (χ1) is 29.0. The third-order valence-corrected chi connectivity index (χ3v) is 14.8. The number of alkyl carbamates (subject to hydrolysis) is 1. The van der Waals surface area contributed by atoms with Crippen LogP contribution < -0.4 is 24.8 Å². The molecule has 3 fully saturated rings. The van der Waals surface area contributed by atoms with Crippen molar-refractivity contribution in [2.75, 3.05) is 20.8 Å². The Labute approximate surface area is 358 Å². The fourth-order valence-corrected chi connectivity index (χ4v) is 9.42. The first-order valence-electron chi connectivity index (χ1n) is 20.6. The second-order valence-electron chi connectivity index (χ2n) is 17.6. The zero-order valence-corrected chi connectivity index (χ0v) is 36.5. The van der Waals surface area contributed by atoms with Crippen LogP contribution in [-0.2, 0) is 33.9 Å². The first-order valence-corrected chi connectivity index (χ1v) is 22.1. The molecule has 7 atom stereocenters. The summed E-state index contributed by atoms with van der Waals surface area (Å²) in [5.41, 5.74) is -4.51. The van der Waals surface area contributed by atoms with Gasteiger partial charge in [-0.05, 0) is 89.3 Å². The molecule has 0 spiro atoms. The van der Waals surface area contributed by atoms with Crippen molar-refractivity contribution in [1.82, 2.24) is 25.2 Å². The molecule has 4 amide bonds. The van der Waals surface area contributed by atoms with Gasteiger partial charge in [-0.15, -0.1) is 0 Å². The molecule has 3 N–H and O–H groups in total. The van der Waals surface area contributed by atoms with Crippen molar-refractivity contribution in [3.05, 3.63) is 42.1 Å². The molecule has 2 aliphatic carbocycles. The van der Waals surface area contributed by atoms with E-state index in [1.165, 1.54) is 27.3 Å². The summed E-state index contributed by atoms with van der Waals surface area (Å²) in [6.07, 6.45) is -0.211. The van der Waals surface area contributed by atoms with Crippen molar-refractivity contribution >= 4 is 50.6 Å². The van der Waals surface area contributed by atoms with Crippen LogP contribution in [0.2, 0.25) is 0 Å². The molecule has 2 aromatic rings. The number of aromatic nitrogens is 1. The molecule has 16 nitrogen and oxygen atoms in total. The molecule has 20 heteroatoms. The zero-order valence-electron chi connectivity index (χ0n) is 35.7. The van der Waals surface area contributed by atoms with Crippen LogP contribution in [0.5, 0.6) is 11.6 Å². The Kier molecular flexibility index (Phi) is 12.9. The van der Waals surface area contributed by atoms with Crippen molar-refractivity contribution in [3.63, 3.8) is 0 Å². The molecule has 2 aliphatic heterocycles. The van der Waals surface area contributed by atoms with Gasteiger partial charge in [-0.3, -0.25) is 19.1 Å². The van der Waals surface area contributed by atoms with Gasteiger partial charge in [0, 0.05) is 29.3 Å². The number of benzene rings is 1. The molecule has 1 aromatic carbocycles. The summed E-state index contributed by atoms with van der Waals surface area (Å²) < 4.78 is 90.6. The third-order valence-electron chi connectivity index (χ3n) is 12.7. The summed E-state index contributed by atoms with van der Waals surface area (Å²) in [5.74, 6) is -4.11. The quantitative estimate of drug-likeness (QED) is 0.211. The second-order valence-corrected chi connectivity index (χ2v) is 19.7. The van der Waals surface area contributed by atoms with Crippen molar-refractivity contribution in [3.8, 4) is 11.6 Å². The number of amides is 4. The number of esters is 1. The van der Waals surface area contributed by atoms with Crippen molar-refractivity contribution in [2.24, 2.45) is 17.8 Å². The molecule has 1 saturated heterocycles. The number of rotatable bonds is 10. The highest BCUT2D eigenvalue weighted by atomic mass is 32.2. The van der Waals surface area contributed by atoms with Crippen molar-refractivity contribution < 1.29 is 64.5 Å². The smallest absolute Gasteiger partial charge is 0.427 e. The average molecular weight is 894 g/mol. The van der Waals surface area contributed by atoms with Crippen LogP contribution in [0.4, 0.5) is 18.0 Å². The Morgan fingerprint density at radius 3 is 2.42 bits per heavy atom. The Morgan fingerprint density at radius 2 is 1.79 bits per heavy atom. The second kappa shape index (κ2) is 17.2. The molecule has 62 heavy (non-hydrogen) atoms. The number of hydrogen-bond acceptors (Lipinski definition) is 12. The molecule has 6 rings (SSSR count). The number of pyridine rings is 1. The normalized spacial score (nSPS) is 27.7. The molecule has 340 valence electrons. The van der Waals surface area contributed by atoms with Gasteiger partial charge < -0.3 is 34.5 Å². The topological polar surface area (TPSA) is 209 Å². The first kappa shape index (κ1) is 46.4. The van der Waals surface area contributed by atoms with E-state index in [0.29, 0.717) is 68.9 Å². The lowest BCUT2D eigenvalue weighted by Gasteiger charge is -2.35. The molecule has 0 bridgehead atoms. The predicted molar refractivity (Wildman–Crippen MR) is 217 cm³/mol. The highest BCUT2D eigenvalue weighted by molar-refractivity contribution is 7.91. The molecular weight excluding hydrogens is 840 g/mol. The van der Waals surface area contributed by atoms with Gasteiger partial charge in [-0.25, -0.2) is 23.0 Å². The fraction of sp³-hybridized carbons (Fsp3) is 0.619. The minimum absolute atomic E-state index is 0.0193. The number of hydrogen-bond donors (Lipinski definition) is 3. The van der Waals surface area contributed by atoms with Crippen molar-refractivity contribution in [2.45, 2.75) is 126 Å². The summed E-state index contributed by atoms with van der Waals surface area (Å²) >= 11 is 0. The maximum Gasteiger partial charge on any atom is 0.427 e. The number of halogens is 3. The Hall–Kier alpha value is -5.14. The predicted octanol–water partition coefficient (Wildman–Crippen LogP) is 5.09. The molecule has 3 heterocycles. The van der Waals surface area contributed by atoms with E-state index in [1.807, 2.05) is 13.0 Å². The number of sulfonamides is 1. The summed E-state index contributed by atoms with van der Waals surface area (Å²) in [6.45, 7) is 6.30. The standard InChI is InChI=1S/C42H54F3N5O11S/c1-8-24-17-23(2)11-9-10-12-25-20-41(25,37(54)49-62(56,57)40(5)15-16-40)48-33(51)31-19-27(22-50(31)35(52)32(24)47-38(55)61-39(3,4)42(43,44)45)60-34-28-14-13-26(58-6)18-29(28)30(21-46-34)36(53)59-7/h10,12-14,18,21,23-25,27,31-32H,8-9,11,15-17,19-20,22H2,1-7H3,(H,47,55)(H,48,51)(H,49,54)/t23-,24-,25-,27-,31+,32+,41-/m1/s1. The van der Waals surface area contributed by atoms with Gasteiger partial charge in [0.15, 0.2) is 0 Å². The number of alkyl halides is 3.